The highest BCUT2D eigenvalue weighted by Gasteiger charge is 1.97. The number of hydrogen-bond acceptors (Lipinski definition) is 0. The lowest BCUT2D eigenvalue weighted by molar-refractivity contribution is 1.40. The molecule has 1 heteroatoms. The predicted octanol–water partition coefficient (Wildman–Crippen LogP) is 4.18. The third-order valence-electron chi connectivity index (χ3n) is 2.05. The summed E-state index contributed by atoms with van der Waals surface area (Å²) in [5.74, 6) is 0. The van der Waals surface area contributed by atoms with Crippen molar-refractivity contribution in [1.82, 2.24) is 0 Å². The van der Waals surface area contributed by atoms with Gasteiger partial charge in [0.1, 0.15) is 0 Å². The molecule has 0 aromatic heterocycles. The zero-order chi connectivity index (χ0) is 9.14. The molecule has 0 atom stereocenters. The lowest BCUT2D eigenvalue weighted by Crippen LogP contribution is -1.81. The lowest BCUT2D eigenvalue weighted by atomic mass is 10.1. The van der Waals surface area contributed by atoms with Gasteiger partial charge in [-0.15, -0.1) is 0 Å². The van der Waals surface area contributed by atoms with Gasteiger partial charge in [-0.25, -0.2) is 0 Å². The largest absolute Gasteiger partial charge is 0.0841 e. The summed E-state index contributed by atoms with van der Waals surface area (Å²) in [6.07, 6.45) is 2.13. The van der Waals surface area contributed by atoms with Crippen LogP contribution in [0.1, 0.15) is 25.0 Å². The molecule has 0 unspecified atom stereocenters. The summed E-state index contributed by atoms with van der Waals surface area (Å²) in [4.78, 5) is 0. The summed E-state index contributed by atoms with van der Waals surface area (Å²) < 4.78 is 1.18. The van der Waals surface area contributed by atoms with E-state index in [1.165, 1.54) is 21.2 Å². The summed E-state index contributed by atoms with van der Waals surface area (Å²) in [5.41, 5.74) is 3.91. The zero-order valence-corrected chi connectivity index (χ0v) is 9.27. The van der Waals surface area contributed by atoms with E-state index in [2.05, 4.69) is 61.0 Å². The summed E-state index contributed by atoms with van der Waals surface area (Å²) in [5, 5.41) is 0. The van der Waals surface area contributed by atoms with Crippen LogP contribution in [0.4, 0.5) is 0 Å². The maximum absolute atomic E-state index is 3.48. The van der Waals surface area contributed by atoms with Gasteiger partial charge in [-0.2, -0.15) is 0 Å². The van der Waals surface area contributed by atoms with E-state index < -0.39 is 0 Å². The summed E-state index contributed by atoms with van der Waals surface area (Å²) in [6, 6.07) is 6.42. The minimum Gasteiger partial charge on any atom is -0.0841 e. The normalized spacial score (nSPS) is 11.8. The first kappa shape index (κ1) is 9.53. The van der Waals surface area contributed by atoms with Crippen molar-refractivity contribution in [2.24, 2.45) is 0 Å². The molecule has 0 nitrogen and oxygen atoms in total. The average molecular weight is 225 g/mol. The number of allylic oxidation sites excluding steroid dienone is 2. The highest BCUT2D eigenvalue weighted by Crippen LogP contribution is 2.21. The molecule has 0 bridgehead atoms. The predicted molar refractivity (Wildman–Crippen MR) is 58.2 cm³/mol. The van der Waals surface area contributed by atoms with Gasteiger partial charge in [-0.05, 0) is 43.5 Å². The van der Waals surface area contributed by atoms with Crippen LogP contribution in [0.15, 0.2) is 28.7 Å². The average Bonchev–Trinajstić information content (AvgIpc) is 2.08. The van der Waals surface area contributed by atoms with Crippen molar-refractivity contribution in [3.8, 4) is 0 Å². The maximum atomic E-state index is 3.48. The van der Waals surface area contributed by atoms with Gasteiger partial charge in [0.05, 0.1) is 0 Å². The van der Waals surface area contributed by atoms with E-state index in [0.717, 1.165) is 0 Å². The van der Waals surface area contributed by atoms with E-state index in [1.54, 1.807) is 0 Å². The second-order valence-electron chi connectivity index (χ2n) is 2.94. The molecule has 0 aliphatic heterocycles. The summed E-state index contributed by atoms with van der Waals surface area (Å²) >= 11 is 3.48. The molecule has 12 heavy (non-hydrogen) atoms. The minimum absolute atomic E-state index is 1.18. The molecular formula is C11H13Br. The molecule has 0 spiro atoms. The first-order valence-corrected chi connectivity index (χ1v) is 4.84. The summed E-state index contributed by atoms with van der Waals surface area (Å²) in [7, 11) is 0. The Bertz CT molecular complexity index is 311. The van der Waals surface area contributed by atoms with E-state index in [-0.39, 0.29) is 0 Å². The monoisotopic (exact) mass is 224 g/mol. The third-order valence-corrected chi connectivity index (χ3v) is 2.94. The Balaban J connectivity index is 3.13. The van der Waals surface area contributed by atoms with E-state index in [9.17, 15) is 0 Å². The molecule has 1 aromatic carbocycles. The van der Waals surface area contributed by atoms with Gasteiger partial charge in [0.25, 0.3) is 0 Å². The highest BCUT2D eigenvalue weighted by molar-refractivity contribution is 9.10. The van der Waals surface area contributed by atoms with Crippen molar-refractivity contribution >= 4 is 21.5 Å². The molecule has 0 N–H and O–H groups in total. The minimum atomic E-state index is 1.18. The Morgan fingerprint density at radius 3 is 2.58 bits per heavy atom. The first-order chi connectivity index (χ1) is 5.65. The maximum Gasteiger partial charge on any atom is 0.0204 e. The Morgan fingerprint density at radius 1 is 1.42 bits per heavy atom. The van der Waals surface area contributed by atoms with Crippen molar-refractivity contribution in [2.45, 2.75) is 20.8 Å². The van der Waals surface area contributed by atoms with Crippen molar-refractivity contribution < 1.29 is 0 Å². The van der Waals surface area contributed by atoms with Gasteiger partial charge in [-0.3, -0.25) is 0 Å². The number of benzene rings is 1. The topological polar surface area (TPSA) is 0 Å². The van der Waals surface area contributed by atoms with Gasteiger partial charge in [0.2, 0.25) is 0 Å². The molecule has 0 aliphatic rings. The number of rotatable bonds is 1. The Morgan fingerprint density at radius 2 is 2.08 bits per heavy atom. The molecule has 0 aliphatic carbocycles. The van der Waals surface area contributed by atoms with Crippen LogP contribution >= 0.6 is 15.9 Å². The van der Waals surface area contributed by atoms with E-state index in [4.69, 9.17) is 0 Å². The van der Waals surface area contributed by atoms with Crippen LogP contribution in [0.3, 0.4) is 0 Å². The van der Waals surface area contributed by atoms with Crippen molar-refractivity contribution in [3.63, 3.8) is 0 Å². The molecule has 0 radical (unpaired) electrons. The number of halogens is 1. The first-order valence-electron chi connectivity index (χ1n) is 4.04. The van der Waals surface area contributed by atoms with Crippen LogP contribution < -0.4 is 0 Å². The second-order valence-corrected chi connectivity index (χ2v) is 3.79. The zero-order valence-electron chi connectivity index (χ0n) is 7.69. The van der Waals surface area contributed by atoms with Crippen LogP contribution in [0.2, 0.25) is 0 Å². The molecule has 0 heterocycles. The highest BCUT2D eigenvalue weighted by atomic mass is 79.9. The molecular weight excluding hydrogens is 212 g/mol. The second kappa shape index (κ2) is 3.90. The van der Waals surface area contributed by atoms with Crippen molar-refractivity contribution in [2.75, 3.05) is 0 Å². The molecule has 64 valence electrons. The molecule has 0 saturated carbocycles. The smallest absolute Gasteiger partial charge is 0.0204 e. The van der Waals surface area contributed by atoms with Crippen molar-refractivity contribution in [3.05, 3.63) is 39.9 Å². The third kappa shape index (κ3) is 1.98. The molecule has 1 aromatic rings. The van der Waals surface area contributed by atoms with Gasteiger partial charge in [0, 0.05) is 4.47 Å². The van der Waals surface area contributed by atoms with E-state index in [1.807, 2.05) is 0 Å². The molecule has 0 fully saturated rings. The summed E-state index contributed by atoms with van der Waals surface area (Å²) in [6.45, 7) is 6.30. The van der Waals surface area contributed by atoms with Crippen LogP contribution in [0.5, 0.6) is 0 Å². The Labute approximate surface area is 82.4 Å². The quantitative estimate of drug-likeness (QED) is 0.672. The van der Waals surface area contributed by atoms with Crippen LogP contribution in [0.25, 0.3) is 5.57 Å². The van der Waals surface area contributed by atoms with Crippen LogP contribution in [0, 0.1) is 6.92 Å². The van der Waals surface area contributed by atoms with Crippen molar-refractivity contribution in [1.29, 1.82) is 0 Å². The van der Waals surface area contributed by atoms with Crippen LogP contribution in [-0.2, 0) is 0 Å². The van der Waals surface area contributed by atoms with Gasteiger partial charge in [-0.1, -0.05) is 34.1 Å². The fraction of sp³-hybridized carbons (Fsp3) is 0.273. The standard InChI is InChI=1S/C11H13Br/c1-4-8(2)10-5-6-11(12)9(3)7-10/h4-7H,1-3H3. The fourth-order valence-electron chi connectivity index (χ4n) is 1.06. The number of aryl methyl sites for hydroxylation is 1. The van der Waals surface area contributed by atoms with E-state index >= 15 is 0 Å². The molecule has 1 rings (SSSR count). The SMILES string of the molecule is CC=C(C)c1ccc(Br)c(C)c1. The molecule has 0 saturated heterocycles. The number of hydrogen-bond donors (Lipinski definition) is 0. The fourth-order valence-corrected chi connectivity index (χ4v) is 1.30. The lowest BCUT2D eigenvalue weighted by Gasteiger charge is -2.03. The van der Waals surface area contributed by atoms with Crippen LogP contribution in [-0.4, -0.2) is 0 Å². The Hall–Kier alpha value is -0.560. The van der Waals surface area contributed by atoms with E-state index in [0.29, 0.717) is 0 Å². The Kier molecular flexibility index (Phi) is 3.10. The van der Waals surface area contributed by atoms with Gasteiger partial charge < -0.3 is 0 Å². The molecule has 0 amide bonds. The van der Waals surface area contributed by atoms with Gasteiger partial charge >= 0.3 is 0 Å². The van der Waals surface area contributed by atoms with Gasteiger partial charge in [0.15, 0.2) is 0 Å².